The molecule has 4 aromatic heterocycles. The largest absolute Gasteiger partial charge is 0.455 e. The van der Waals surface area contributed by atoms with E-state index in [0.717, 1.165) is 5.56 Å². The van der Waals surface area contributed by atoms with E-state index < -0.39 is 5.97 Å². The van der Waals surface area contributed by atoms with Crippen molar-refractivity contribution in [2.45, 2.75) is 19.6 Å². The number of carbonyl (C=O) groups excluding carboxylic acids is 1. The Labute approximate surface area is 152 Å². The lowest BCUT2D eigenvalue weighted by Gasteiger charge is -2.01. The third kappa shape index (κ3) is 3.59. The van der Waals surface area contributed by atoms with Gasteiger partial charge < -0.3 is 9.26 Å². The van der Waals surface area contributed by atoms with Crippen LogP contribution in [-0.4, -0.2) is 35.3 Å². The zero-order valence-corrected chi connectivity index (χ0v) is 14.1. The van der Waals surface area contributed by atoms with Gasteiger partial charge in [0.25, 0.3) is 5.89 Å². The maximum Gasteiger partial charge on any atom is 0.350 e. The van der Waals surface area contributed by atoms with Gasteiger partial charge in [-0.2, -0.15) is 4.98 Å². The van der Waals surface area contributed by atoms with E-state index in [4.69, 9.17) is 9.26 Å². The van der Waals surface area contributed by atoms with Crippen LogP contribution in [0.15, 0.2) is 58.2 Å². The topological polar surface area (TPSA) is 117 Å². The number of fused-ring (bicyclic) bond motifs is 1. The van der Waals surface area contributed by atoms with Crippen LogP contribution in [0.25, 0.3) is 17.0 Å². The summed E-state index contributed by atoms with van der Waals surface area (Å²) in [5.74, 6) is 0.0716. The van der Waals surface area contributed by atoms with Gasteiger partial charge in [-0.25, -0.2) is 9.48 Å². The second-order valence-electron chi connectivity index (χ2n) is 5.59. The average Bonchev–Trinajstić information content (AvgIpc) is 3.31. The summed E-state index contributed by atoms with van der Waals surface area (Å²) >= 11 is 0. The summed E-state index contributed by atoms with van der Waals surface area (Å²) in [4.78, 5) is 32.1. The van der Waals surface area contributed by atoms with Gasteiger partial charge in [0.15, 0.2) is 12.3 Å². The molecule has 0 aromatic carbocycles. The van der Waals surface area contributed by atoms with Crippen molar-refractivity contribution in [2.75, 3.05) is 0 Å². The second-order valence-corrected chi connectivity index (χ2v) is 5.59. The third-order valence-electron chi connectivity index (χ3n) is 3.78. The monoisotopic (exact) mass is 366 g/mol. The van der Waals surface area contributed by atoms with E-state index in [1.165, 1.54) is 9.08 Å². The standard InChI is InChI=1S/C17H14N6O4/c24-15(6-10-23-17(25)22-9-2-1-3-13(22)20-23)26-11-14-19-16(21-27-14)12-4-7-18-8-5-12/h1-5,7-9H,6,10-11H2. The van der Waals surface area contributed by atoms with Gasteiger partial charge in [-0.1, -0.05) is 11.2 Å². The number of esters is 1. The Hall–Kier alpha value is -3.82. The Morgan fingerprint density at radius 2 is 2.04 bits per heavy atom. The molecule has 4 rings (SSSR count). The fourth-order valence-corrected chi connectivity index (χ4v) is 2.46. The second kappa shape index (κ2) is 7.20. The maximum atomic E-state index is 12.1. The first kappa shape index (κ1) is 16.6. The van der Waals surface area contributed by atoms with E-state index in [-0.39, 0.29) is 31.2 Å². The summed E-state index contributed by atoms with van der Waals surface area (Å²) in [6.07, 6.45) is 4.85. The van der Waals surface area contributed by atoms with Crippen LogP contribution < -0.4 is 5.69 Å². The number of carbonyl (C=O) groups is 1. The molecule has 136 valence electrons. The Morgan fingerprint density at radius 3 is 2.85 bits per heavy atom. The first-order valence-corrected chi connectivity index (χ1v) is 8.13. The molecular formula is C17H14N6O4. The Balaban J connectivity index is 1.33. The summed E-state index contributed by atoms with van der Waals surface area (Å²) in [5, 5.41) is 7.98. The minimum atomic E-state index is -0.498. The predicted octanol–water partition coefficient (Wildman–Crippen LogP) is 1.07. The summed E-state index contributed by atoms with van der Waals surface area (Å²) < 4.78 is 12.8. The van der Waals surface area contributed by atoms with Crippen LogP contribution in [0, 0.1) is 0 Å². The number of nitrogens with zero attached hydrogens (tertiary/aromatic N) is 6. The first-order valence-electron chi connectivity index (χ1n) is 8.13. The smallest absolute Gasteiger partial charge is 0.350 e. The van der Waals surface area contributed by atoms with E-state index in [1.54, 1.807) is 48.9 Å². The number of rotatable bonds is 6. The molecule has 0 spiro atoms. The van der Waals surface area contributed by atoms with E-state index in [0.29, 0.717) is 11.5 Å². The van der Waals surface area contributed by atoms with E-state index >= 15 is 0 Å². The van der Waals surface area contributed by atoms with Crippen LogP contribution in [0.4, 0.5) is 0 Å². The van der Waals surface area contributed by atoms with Crippen molar-refractivity contribution in [2.24, 2.45) is 0 Å². The van der Waals surface area contributed by atoms with Crippen LogP contribution in [0.5, 0.6) is 0 Å². The van der Waals surface area contributed by atoms with Gasteiger partial charge in [0, 0.05) is 24.2 Å². The number of ether oxygens (including phenoxy) is 1. The molecule has 0 amide bonds. The molecular weight excluding hydrogens is 352 g/mol. The molecule has 4 aromatic rings. The van der Waals surface area contributed by atoms with Gasteiger partial charge in [0.2, 0.25) is 5.82 Å². The van der Waals surface area contributed by atoms with Crippen LogP contribution >= 0.6 is 0 Å². The molecule has 0 saturated carbocycles. The lowest BCUT2D eigenvalue weighted by Crippen LogP contribution is -2.22. The molecule has 0 bridgehead atoms. The molecule has 0 fully saturated rings. The van der Waals surface area contributed by atoms with Crippen molar-refractivity contribution in [1.29, 1.82) is 0 Å². The van der Waals surface area contributed by atoms with Crippen LogP contribution in [0.1, 0.15) is 12.3 Å². The number of aromatic nitrogens is 6. The number of aryl methyl sites for hydroxylation is 1. The molecule has 0 saturated heterocycles. The van der Waals surface area contributed by atoms with Crippen molar-refractivity contribution in [3.8, 4) is 11.4 Å². The van der Waals surface area contributed by atoms with E-state index in [9.17, 15) is 9.59 Å². The van der Waals surface area contributed by atoms with Crippen molar-refractivity contribution in [3.63, 3.8) is 0 Å². The zero-order chi connectivity index (χ0) is 18.6. The summed E-state index contributed by atoms with van der Waals surface area (Å²) in [7, 11) is 0. The molecule has 0 aliphatic heterocycles. The summed E-state index contributed by atoms with van der Waals surface area (Å²) in [5.41, 5.74) is 0.959. The molecule has 10 nitrogen and oxygen atoms in total. The van der Waals surface area contributed by atoms with Gasteiger partial charge >= 0.3 is 11.7 Å². The third-order valence-corrected chi connectivity index (χ3v) is 3.78. The first-order chi connectivity index (χ1) is 13.2. The van der Waals surface area contributed by atoms with E-state index in [1.807, 2.05) is 0 Å². The van der Waals surface area contributed by atoms with Crippen LogP contribution in [-0.2, 0) is 22.7 Å². The Morgan fingerprint density at radius 1 is 1.19 bits per heavy atom. The average molecular weight is 366 g/mol. The van der Waals surface area contributed by atoms with Crippen molar-refractivity contribution in [1.82, 2.24) is 29.3 Å². The Bertz CT molecular complexity index is 1130. The zero-order valence-electron chi connectivity index (χ0n) is 14.1. The van der Waals surface area contributed by atoms with Gasteiger partial charge in [0.1, 0.15) is 0 Å². The van der Waals surface area contributed by atoms with E-state index in [2.05, 4.69) is 20.2 Å². The van der Waals surface area contributed by atoms with Gasteiger partial charge in [0.05, 0.1) is 13.0 Å². The highest BCUT2D eigenvalue weighted by atomic mass is 16.6. The maximum absolute atomic E-state index is 12.1. The molecule has 0 aliphatic carbocycles. The molecule has 0 radical (unpaired) electrons. The van der Waals surface area contributed by atoms with Gasteiger partial charge in [-0.05, 0) is 24.3 Å². The number of hydrogen-bond acceptors (Lipinski definition) is 8. The molecule has 27 heavy (non-hydrogen) atoms. The van der Waals surface area contributed by atoms with Crippen molar-refractivity contribution >= 4 is 11.6 Å². The molecule has 0 N–H and O–H groups in total. The van der Waals surface area contributed by atoms with Gasteiger partial charge in [-0.15, -0.1) is 5.10 Å². The number of pyridine rings is 2. The SMILES string of the molecule is O=C(CCn1nc2ccccn2c1=O)OCc1nc(-c2ccncc2)no1. The molecule has 0 aliphatic rings. The highest BCUT2D eigenvalue weighted by molar-refractivity contribution is 5.69. The lowest BCUT2D eigenvalue weighted by atomic mass is 10.2. The number of hydrogen-bond donors (Lipinski definition) is 0. The molecule has 0 atom stereocenters. The normalized spacial score (nSPS) is 11.0. The predicted molar refractivity (Wildman–Crippen MR) is 91.4 cm³/mol. The van der Waals surface area contributed by atoms with Crippen LogP contribution in [0.2, 0.25) is 0 Å². The highest BCUT2D eigenvalue weighted by Crippen LogP contribution is 2.14. The Kier molecular flexibility index (Phi) is 4.44. The highest BCUT2D eigenvalue weighted by Gasteiger charge is 2.12. The fourth-order valence-electron chi connectivity index (χ4n) is 2.46. The molecule has 10 heteroatoms. The molecule has 4 heterocycles. The molecule has 0 unspecified atom stereocenters. The minimum Gasteiger partial charge on any atom is -0.455 e. The minimum absolute atomic E-state index is 0.00482. The van der Waals surface area contributed by atoms with Crippen LogP contribution in [0.3, 0.4) is 0 Å². The summed E-state index contributed by atoms with van der Waals surface area (Å²) in [6.45, 7) is -0.0254. The summed E-state index contributed by atoms with van der Waals surface area (Å²) in [6, 6.07) is 8.72. The fraction of sp³-hybridized carbons (Fsp3) is 0.176. The van der Waals surface area contributed by atoms with Crippen molar-refractivity contribution in [3.05, 3.63) is 65.3 Å². The lowest BCUT2D eigenvalue weighted by molar-refractivity contribution is -0.146. The quantitative estimate of drug-likeness (QED) is 0.465. The van der Waals surface area contributed by atoms with Gasteiger partial charge in [-0.3, -0.25) is 14.2 Å². The van der Waals surface area contributed by atoms with Crippen molar-refractivity contribution < 1.29 is 14.1 Å².